The molecule has 3 aromatic rings. The van der Waals surface area contributed by atoms with E-state index in [1.165, 1.54) is 33.5 Å². The summed E-state index contributed by atoms with van der Waals surface area (Å²) in [6.45, 7) is 0.360. The molecule has 0 radical (unpaired) electrons. The summed E-state index contributed by atoms with van der Waals surface area (Å²) in [5.74, 6) is 0.563. The number of halogens is 1. The molecule has 1 aromatic heterocycles. The first-order valence-electron chi connectivity index (χ1n) is 8.47. The van der Waals surface area contributed by atoms with Gasteiger partial charge in [-0.05, 0) is 47.8 Å². The van der Waals surface area contributed by atoms with Crippen molar-refractivity contribution in [3.63, 3.8) is 0 Å². The summed E-state index contributed by atoms with van der Waals surface area (Å²) in [6.07, 6.45) is 0. The number of thiophene rings is 1. The predicted octanol–water partition coefficient (Wildman–Crippen LogP) is 4.76. The van der Waals surface area contributed by atoms with Crippen LogP contribution in [-0.2, 0) is 6.54 Å². The third kappa shape index (κ3) is 4.09. The number of carbonyl (C=O) groups is 1. The van der Waals surface area contributed by atoms with E-state index in [9.17, 15) is 9.18 Å². The van der Waals surface area contributed by atoms with Crippen LogP contribution in [0.3, 0.4) is 0 Å². The van der Waals surface area contributed by atoms with Crippen LogP contribution in [0.1, 0.15) is 15.2 Å². The zero-order valence-corrected chi connectivity index (χ0v) is 16.6. The first-order chi connectivity index (χ1) is 13.6. The van der Waals surface area contributed by atoms with Crippen molar-refractivity contribution >= 4 is 22.9 Å². The lowest BCUT2D eigenvalue weighted by Gasteiger charge is -2.23. The quantitative estimate of drug-likeness (QED) is 0.573. The van der Waals surface area contributed by atoms with E-state index in [1.807, 2.05) is 17.5 Å². The minimum Gasteiger partial charge on any atom is -0.493 e. The monoisotopic (exact) mass is 401 g/mol. The Morgan fingerprint density at radius 1 is 1.00 bits per heavy atom. The van der Waals surface area contributed by atoms with E-state index in [0.717, 1.165) is 4.88 Å². The molecule has 0 atom stereocenters. The zero-order chi connectivity index (χ0) is 20.1. The Morgan fingerprint density at radius 3 is 2.14 bits per heavy atom. The number of ether oxygens (including phenoxy) is 3. The van der Waals surface area contributed by atoms with E-state index in [4.69, 9.17) is 14.2 Å². The van der Waals surface area contributed by atoms with Crippen molar-refractivity contribution in [2.24, 2.45) is 0 Å². The van der Waals surface area contributed by atoms with Crippen LogP contribution < -0.4 is 19.1 Å². The van der Waals surface area contributed by atoms with Crippen LogP contribution >= 0.6 is 11.3 Å². The van der Waals surface area contributed by atoms with E-state index < -0.39 is 0 Å². The van der Waals surface area contributed by atoms with Gasteiger partial charge in [-0.25, -0.2) is 4.39 Å². The molecule has 0 spiro atoms. The molecule has 0 aliphatic heterocycles. The summed E-state index contributed by atoms with van der Waals surface area (Å²) >= 11 is 1.55. The van der Waals surface area contributed by atoms with Crippen LogP contribution in [-0.4, -0.2) is 27.2 Å². The number of anilines is 1. The zero-order valence-electron chi connectivity index (χ0n) is 15.8. The molecule has 146 valence electrons. The van der Waals surface area contributed by atoms with Crippen molar-refractivity contribution < 1.29 is 23.4 Å². The molecular weight excluding hydrogens is 381 g/mol. The second-order valence-corrected chi connectivity index (χ2v) is 6.89. The van der Waals surface area contributed by atoms with Crippen LogP contribution in [0.5, 0.6) is 17.2 Å². The summed E-state index contributed by atoms with van der Waals surface area (Å²) in [5, 5.41) is 1.95. The predicted molar refractivity (Wildman–Crippen MR) is 107 cm³/mol. The van der Waals surface area contributed by atoms with Gasteiger partial charge in [-0.2, -0.15) is 0 Å². The number of methoxy groups -OCH3 is 3. The highest BCUT2D eigenvalue weighted by Gasteiger charge is 2.23. The molecule has 0 aliphatic carbocycles. The Hall–Kier alpha value is -3.06. The molecule has 7 heteroatoms. The Kier molecular flexibility index (Phi) is 6.16. The number of hydrogen-bond donors (Lipinski definition) is 0. The molecule has 0 N–H and O–H groups in total. The van der Waals surface area contributed by atoms with Gasteiger partial charge in [0.2, 0.25) is 5.75 Å². The fourth-order valence-corrected chi connectivity index (χ4v) is 3.51. The van der Waals surface area contributed by atoms with Crippen LogP contribution in [0.25, 0.3) is 0 Å². The first-order valence-corrected chi connectivity index (χ1v) is 9.35. The van der Waals surface area contributed by atoms with Crippen LogP contribution in [0.2, 0.25) is 0 Å². The number of hydrogen-bond acceptors (Lipinski definition) is 5. The maximum atomic E-state index is 13.4. The van der Waals surface area contributed by atoms with Crippen LogP contribution in [0.15, 0.2) is 53.9 Å². The lowest BCUT2D eigenvalue weighted by atomic mass is 10.1. The molecule has 0 aliphatic rings. The number of benzene rings is 2. The third-order valence-corrected chi connectivity index (χ3v) is 5.05. The van der Waals surface area contributed by atoms with Gasteiger partial charge in [0.25, 0.3) is 5.91 Å². The first kappa shape index (κ1) is 19.7. The standard InChI is InChI=1S/C21H20FNO4S/c1-25-18-11-14(12-19(26-2)20(18)27-3)21(24)23(13-17-5-4-10-28-17)16-8-6-15(22)7-9-16/h4-12H,13H2,1-3H3. The maximum absolute atomic E-state index is 13.4. The normalized spacial score (nSPS) is 10.4. The van der Waals surface area contributed by atoms with E-state index in [-0.39, 0.29) is 11.7 Å². The summed E-state index contributed by atoms with van der Waals surface area (Å²) in [4.78, 5) is 16.0. The largest absolute Gasteiger partial charge is 0.493 e. The average Bonchev–Trinajstić information content (AvgIpc) is 3.24. The summed E-state index contributed by atoms with van der Waals surface area (Å²) in [7, 11) is 4.49. The minimum absolute atomic E-state index is 0.265. The van der Waals surface area contributed by atoms with Gasteiger partial charge in [-0.15, -0.1) is 11.3 Å². The highest BCUT2D eigenvalue weighted by atomic mass is 32.1. The highest BCUT2D eigenvalue weighted by Crippen LogP contribution is 2.39. The molecular formula is C21H20FNO4S. The Bertz CT molecular complexity index is 917. The molecule has 28 heavy (non-hydrogen) atoms. The van der Waals surface area contributed by atoms with Gasteiger partial charge >= 0.3 is 0 Å². The van der Waals surface area contributed by atoms with Crippen molar-refractivity contribution in [3.05, 3.63) is 70.2 Å². The molecule has 0 bridgehead atoms. The van der Waals surface area contributed by atoms with Gasteiger partial charge in [0, 0.05) is 16.1 Å². The van der Waals surface area contributed by atoms with Gasteiger partial charge in [0.15, 0.2) is 11.5 Å². The third-order valence-electron chi connectivity index (χ3n) is 4.19. The number of carbonyl (C=O) groups excluding carboxylic acids is 1. The number of amides is 1. The Balaban J connectivity index is 2.04. The number of rotatable bonds is 7. The number of nitrogens with zero attached hydrogens (tertiary/aromatic N) is 1. The van der Waals surface area contributed by atoms with Gasteiger partial charge in [0.1, 0.15) is 5.82 Å². The highest BCUT2D eigenvalue weighted by molar-refractivity contribution is 7.09. The molecule has 0 fully saturated rings. The second kappa shape index (κ2) is 8.75. The molecule has 2 aromatic carbocycles. The van der Waals surface area contributed by atoms with Crippen molar-refractivity contribution in [2.45, 2.75) is 6.54 Å². The molecule has 5 nitrogen and oxygen atoms in total. The van der Waals surface area contributed by atoms with E-state index in [1.54, 1.807) is 40.5 Å². The molecule has 0 unspecified atom stereocenters. The van der Waals surface area contributed by atoms with Gasteiger partial charge < -0.3 is 19.1 Å². The summed E-state index contributed by atoms with van der Waals surface area (Å²) < 4.78 is 29.4. The van der Waals surface area contributed by atoms with Crippen LogP contribution in [0.4, 0.5) is 10.1 Å². The molecule has 1 heterocycles. The summed E-state index contributed by atoms with van der Waals surface area (Å²) in [5.41, 5.74) is 0.962. The van der Waals surface area contributed by atoms with Crippen molar-refractivity contribution in [1.82, 2.24) is 0 Å². The van der Waals surface area contributed by atoms with E-state index in [0.29, 0.717) is 35.0 Å². The van der Waals surface area contributed by atoms with Crippen LogP contribution in [0, 0.1) is 5.82 Å². The fourth-order valence-electron chi connectivity index (χ4n) is 2.82. The van der Waals surface area contributed by atoms with Crippen molar-refractivity contribution in [1.29, 1.82) is 0 Å². The average molecular weight is 401 g/mol. The lowest BCUT2D eigenvalue weighted by molar-refractivity contribution is 0.0984. The lowest BCUT2D eigenvalue weighted by Crippen LogP contribution is -2.30. The smallest absolute Gasteiger partial charge is 0.258 e. The molecule has 1 amide bonds. The summed E-state index contributed by atoms with van der Waals surface area (Å²) in [6, 6.07) is 12.9. The second-order valence-electron chi connectivity index (χ2n) is 5.86. The van der Waals surface area contributed by atoms with Crippen molar-refractivity contribution in [2.75, 3.05) is 26.2 Å². The molecule has 3 rings (SSSR count). The van der Waals surface area contributed by atoms with Gasteiger partial charge in [-0.3, -0.25) is 4.79 Å². The van der Waals surface area contributed by atoms with Gasteiger partial charge in [0.05, 0.1) is 27.9 Å². The van der Waals surface area contributed by atoms with E-state index >= 15 is 0 Å². The Labute approximate surface area is 166 Å². The fraction of sp³-hybridized carbons (Fsp3) is 0.190. The maximum Gasteiger partial charge on any atom is 0.258 e. The van der Waals surface area contributed by atoms with Gasteiger partial charge in [-0.1, -0.05) is 6.07 Å². The molecule has 0 saturated heterocycles. The SMILES string of the molecule is COc1cc(C(=O)N(Cc2cccs2)c2ccc(F)cc2)cc(OC)c1OC. The minimum atomic E-state index is -0.361. The van der Waals surface area contributed by atoms with Crippen molar-refractivity contribution in [3.8, 4) is 17.2 Å². The Morgan fingerprint density at radius 2 is 1.64 bits per heavy atom. The topological polar surface area (TPSA) is 48.0 Å². The molecule has 0 saturated carbocycles. The van der Waals surface area contributed by atoms with E-state index in [2.05, 4.69) is 0 Å².